The Hall–Kier alpha value is -1.14. The third kappa shape index (κ3) is 31.2. The number of aliphatic hydroxyl groups excluding tert-OH is 1. The lowest BCUT2D eigenvalue weighted by molar-refractivity contribution is -0.204. The summed E-state index contributed by atoms with van der Waals surface area (Å²) in [7, 11) is 0. The summed E-state index contributed by atoms with van der Waals surface area (Å²) in [5.41, 5.74) is 2.09. The summed E-state index contributed by atoms with van der Waals surface area (Å²) in [5.74, 6) is -1.58. The lowest BCUT2D eigenvalue weighted by Crippen LogP contribution is -2.34. The molecule has 0 bridgehead atoms. The van der Waals surface area contributed by atoms with E-state index in [-0.39, 0.29) is 0 Å². The molecule has 6 nitrogen and oxygen atoms in total. The highest BCUT2D eigenvalue weighted by atomic mass is 16.9. The van der Waals surface area contributed by atoms with E-state index in [4.69, 9.17) is 9.68 Å². The van der Waals surface area contributed by atoms with Gasteiger partial charge in [0.15, 0.2) is 0 Å². The molecule has 0 saturated heterocycles. The molecule has 0 aromatic heterocycles. The van der Waals surface area contributed by atoms with Crippen molar-refractivity contribution in [2.75, 3.05) is 0 Å². The molecule has 2 unspecified atom stereocenters. The molecule has 0 heterocycles. The Kier molecular flexibility index (Phi) is 34.8. The average Bonchev–Trinajstić information content (AvgIpc) is 3.04. The van der Waals surface area contributed by atoms with Crippen molar-refractivity contribution < 1.29 is 24.4 Å². The Bertz CT molecular complexity index is 629. The van der Waals surface area contributed by atoms with Gasteiger partial charge in [-0.1, -0.05) is 201 Å². The zero-order valence-electron chi connectivity index (χ0n) is 30.4. The van der Waals surface area contributed by atoms with Crippen LogP contribution in [0, 0.1) is 5.92 Å². The van der Waals surface area contributed by atoms with E-state index in [1.165, 1.54) is 148 Å². The van der Waals surface area contributed by atoms with Crippen molar-refractivity contribution in [3.63, 3.8) is 0 Å². The zero-order chi connectivity index (χ0) is 33.1. The molecule has 2 atom stereocenters. The number of hydrogen-bond donors (Lipinski definition) is 2. The lowest BCUT2D eigenvalue weighted by atomic mass is 9.93. The summed E-state index contributed by atoms with van der Waals surface area (Å²) in [5, 5.41) is 10.4. The molecule has 0 saturated carbocycles. The van der Waals surface area contributed by atoms with E-state index in [1.54, 1.807) is 0 Å². The van der Waals surface area contributed by atoms with Crippen molar-refractivity contribution in [2.45, 2.75) is 232 Å². The Morgan fingerprint density at radius 1 is 0.489 bits per heavy atom. The molecular weight excluding hydrogens is 562 g/mol. The van der Waals surface area contributed by atoms with Crippen molar-refractivity contribution in [1.82, 2.24) is 5.64 Å². The molecule has 0 radical (unpaired) electrons. The van der Waals surface area contributed by atoms with E-state index in [1.807, 2.05) is 6.92 Å². The van der Waals surface area contributed by atoms with E-state index in [0.29, 0.717) is 19.3 Å². The fraction of sp³-hybridized carbons (Fsp3) is 0.949. The number of rotatable bonds is 36. The third-order valence-electron chi connectivity index (χ3n) is 9.34. The molecule has 0 fully saturated rings. The Morgan fingerprint density at radius 2 is 0.822 bits per heavy atom. The third-order valence-corrected chi connectivity index (χ3v) is 9.34. The van der Waals surface area contributed by atoms with Gasteiger partial charge in [-0.15, -0.1) is 0 Å². The van der Waals surface area contributed by atoms with Crippen LogP contribution < -0.4 is 5.64 Å². The van der Waals surface area contributed by atoms with E-state index in [9.17, 15) is 14.7 Å². The SMILES string of the molecule is CCCCCCCCCCCCCCCCCC(=O)ONOC(=O)C(CCCCCCCCCCCCCCCC)C(O)CC. The highest BCUT2D eigenvalue weighted by molar-refractivity contribution is 5.73. The maximum Gasteiger partial charge on any atom is 0.334 e. The van der Waals surface area contributed by atoms with Crippen molar-refractivity contribution in [3.05, 3.63) is 0 Å². The van der Waals surface area contributed by atoms with Crippen LogP contribution in [-0.4, -0.2) is 23.1 Å². The van der Waals surface area contributed by atoms with Crippen LogP contribution in [0.5, 0.6) is 0 Å². The number of aliphatic hydroxyl groups is 1. The Labute approximate surface area is 279 Å². The van der Waals surface area contributed by atoms with Gasteiger partial charge in [-0.05, 0) is 19.3 Å². The summed E-state index contributed by atoms with van der Waals surface area (Å²) >= 11 is 0. The van der Waals surface area contributed by atoms with E-state index in [2.05, 4.69) is 19.5 Å². The van der Waals surface area contributed by atoms with Gasteiger partial charge in [0, 0.05) is 12.1 Å². The van der Waals surface area contributed by atoms with Crippen molar-refractivity contribution in [3.8, 4) is 0 Å². The number of carbonyl (C=O) groups is 2. The maximum atomic E-state index is 12.6. The minimum atomic E-state index is -0.753. The number of unbranched alkanes of at least 4 members (excludes halogenated alkanes) is 27. The highest BCUT2D eigenvalue weighted by Gasteiger charge is 2.27. The van der Waals surface area contributed by atoms with Gasteiger partial charge in [-0.3, -0.25) is 4.79 Å². The van der Waals surface area contributed by atoms with Crippen molar-refractivity contribution in [2.24, 2.45) is 5.92 Å². The molecule has 0 amide bonds. The molecule has 0 aromatic rings. The summed E-state index contributed by atoms with van der Waals surface area (Å²) < 4.78 is 0. The molecule has 0 spiro atoms. The van der Waals surface area contributed by atoms with E-state index >= 15 is 0 Å². The normalized spacial score (nSPS) is 12.7. The van der Waals surface area contributed by atoms with Gasteiger partial charge in [0.25, 0.3) is 0 Å². The van der Waals surface area contributed by atoms with Gasteiger partial charge in [0.2, 0.25) is 0 Å². The molecule has 268 valence electrons. The van der Waals surface area contributed by atoms with E-state index < -0.39 is 24.0 Å². The molecular formula is C39H77NO5. The van der Waals surface area contributed by atoms with E-state index in [0.717, 1.165) is 38.5 Å². The van der Waals surface area contributed by atoms with Crippen LogP contribution >= 0.6 is 0 Å². The topological polar surface area (TPSA) is 84.9 Å². The first-order valence-corrected chi connectivity index (χ1v) is 19.9. The monoisotopic (exact) mass is 640 g/mol. The highest BCUT2D eigenvalue weighted by Crippen LogP contribution is 2.20. The van der Waals surface area contributed by atoms with Gasteiger partial charge >= 0.3 is 11.9 Å². The average molecular weight is 640 g/mol. The first-order chi connectivity index (χ1) is 22.1. The van der Waals surface area contributed by atoms with Crippen LogP contribution in [0.4, 0.5) is 0 Å². The summed E-state index contributed by atoms with van der Waals surface area (Å²) in [6.45, 7) is 6.40. The maximum absolute atomic E-state index is 12.6. The molecule has 0 aliphatic carbocycles. The van der Waals surface area contributed by atoms with Gasteiger partial charge in [-0.2, -0.15) is 0 Å². The molecule has 2 N–H and O–H groups in total. The first-order valence-electron chi connectivity index (χ1n) is 19.9. The number of carbonyl (C=O) groups excluding carboxylic acids is 2. The lowest BCUT2D eigenvalue weighted by Gasteiger charge is -2.20. The Morgan fingerprint density at radius 3 is 1.18 bits per heavy atom. The largest absolute Gasteiger partial charge is 0.392 e. The standard InChI is InChI=1S/C39H77NO5/c1-4-7-9-11-13-15-17-19-21-23-25-27-29-31-33-35-38(42)44-40-45-39(43)36(37(41)6-3)34-32-30-28-26-24-22-20-18-16-14-12-10-8-5-2/h36-37,40-41H,4-35H2,1-3H3. The Balaban J connectivity index is 3.71. The van der Waals surface area contributed by atoms with Gasteiger partial charge in [0.1, 0.15) is 0 Å². The number of nitrogens with one attached hydrogen (secondary N) is 1. The first kappa shape index (κ1) is 43.9. The summed E-state index contributed by atoms with van der Waals surface area (Å²) in [6, 6.07) is 0. The molecule has 45 heavy (non-hydrogen) atoms. The second-order valence-electron chi connectivity index (χ2n) is 13.6. The van der Waals surface area contributed by atoms with Gasteiger partial charge in [-0.25, -0.2) is 4.79 Å². The zero-order valence-corrected chi connectivity index (χ0v) is 30.4. The van der Waals surface area contributed by atoms with Gasteiger partial charge in [0.05, 0.1) is 12.0 Å². The van der Waals surface area contributed by atoms with Crippen molar-refractivity contribution in [1.29, 1.82) is 0 Å². The quantitative estimate of drug-likeness (QED) is 0.0524. The fourth-order valence-corrected chi connectivity index (χ4v) is 6.19. The fourth-order valence-electron chi connectivity index (χ4n) is 6.19. The summed E-state index contributed by atoms with van der Waals surface area (Å²) in [6.07, 6.45) is 37.7. The predicted molar refractivity (Wildman–Crippen MR) is 190 cm³/mol. The van der Waals surface area contributed by atoms with Crippen LogP contribution in [0.2, 0.25) is 0 Å². The second kappa shape index (κ2) is 35.7. The van der Waals surface area contributed by atoms with Crippen LogP contribution in [-0.2, 0) is 19.3 Å². The molecule has 0 rings (SSSR count). The molecule has 0 aromatic carbocycles. The van der Waals surface area contributed by atoms with Crippen LogP contribution in [0.1, 0.15) is 226 Å². The summed E-state index contributed by atoms with van der Waals surface area (Å²) in [4.78, 5) is 34.5. The minimum absolute atomic E-state index is 0.308. The van der Waals surface area contributed by atoms with Crippen LogP contribution in [0.3, 0.4) is 0 Å². The van der Waals surface area contributed by atoms with Gasteiger partial charge < -0.3 is 14.8 Å². The van der Waals surface area contributed by atoms with Crippen molar-refractivity contribution >= 4 is 11.9 Å². The number of hydrogen-bond acceptors (Lipinski definition) is 6. The molecule has 0 aliphatic rings. The molecule has 6 heteroatoms. The minimum Gasteiger partial charge on any atom is -0.392 e. The second-order valence-corrected chi connectivity index (χ2v) is 13.6. The smallest absolute Gasteiger partial charge is 0.334 e. The molecule has 0 aliphatic heterocycles. The van der Waals surface area contributed by atoms with Crippen LogP contribution in [0.25, 0.3) is 0 Å². The predicted octanol–water partition coefficient (Wildman–Crippen LogP) is 12.0. The van der Waals surface area contributed by atoms with Crippen LogP contribution in [0.15, 0.2) is 0 Å².